The van der Waals surface area contributed by atoms with Gasteiger partial charge in [0.05, 0.1) is 33.4 Å². The molecule has 0 spiro atoms. The van der Waals surface area contributed by atoms with E-state index in [2.05, 4.69) is 4.99 Å². The van der Waals surface area contributed by atoms with E-state index in [0.29, 0.717) is 54.7 Å². The van der Waals surface area contributed by atoms with E-state index >= 15 is 0 Å². The summed E-state index contributed by atoms with van der Waals surface area (Å²) in [5.74, 6) is 1.47. The van der Waals surface area contributed by atoms with E-state index in [0.717, 1.165) is 0 Å². The predicted octanol–water partition coefficient (Wildman–Crippen LogP) is 4.00. The second kappa shape index (κ2) is 10.2. The van der Waals surface area contributed by atoms with Crippen LogP contribution in [-0.4, -0.2) is 28.9 Å². The fourth-order valence-corrected chi connectivity index (χ4v) is 5.96. The molecule has 0 bridgehead atoms. The van der Waals surface area contributed by atoms with Gasteiger partial charge in [-0.3, -0.25) is 19.5 Å². The topological polar surface area (TPSA) is 135 Å². The van der Waals surface area contributed by atoms with Crippen molar-refractivity contribution in [2.24, 2.45) is 4.99 Å². The average molecular weight is 574 g/mol. The number of nitrogens with zero attached hydrogens (tertiary/aromatic N) is 3. The summed E-state index contributed by atoms with van der Waals surface area (Å²) in [7, 11) is 0. The summed E-state index contributed by atoms with van der Waals surface area (Å²) in [6.07, 6.45) is 1.62. The molecule has 2 aromatic heterocycles. The molecule has 0 unspecified atom stereocenters. The third-order valence-corrected chi connectivity index (χ3v) is 7.80. The van der Waals surface area contributed by atoms with Crippen molar-refractivity contribution in [1.29, 1.82) is 0 Å². The van der Waals surface area contributed by atoms with E-state index in [1.165, 1.54) is 28.0 Å². The molecule has 4 heterocycles. The van der Waals surface area contributed by atoms with Crippen molar-refractivity contribution < 1.29 is 28.3 Å². The lowest BCUT2D eigenvalue weighted by atomic mass is 9.95. The number of hydrogen-bond acceptors (Lipinski definition) is 10. The van der Waals surface area contributed by atoms with E-state index in [1.807, 2.05) is 0 Å². The SMILES string of the molecule is CCOC(=O)C1=C(C)N=c2s/c(=C\c3ccc(-c4ccc([N+](=O)[O-])cc4C)o3)c(=O)n2[C@H]1c1ccc2c(c1)OCO2. The first-order chi connectivity index (χ1) is 19.7. The van der Waals surface area contributed by atoms with Crippen LogP contribution in [0, 0.1) is 17.0 Å². The van der Waals surface area contributed by atoms with Crippen LogP contribution in [-0.2, 0) is 9.53 Å². The molecular formula is C29H23N3O8S. The number of rotatable bonds is 6. The Bertz CT molecular complexity index is 1950. The van der Waals surface area contributed by atoms with Gasteiger partial charge in [-0.1, -0.05) is 17.4 Å². The van der Waals surface area contributed by atoms with Crippen LogP contribution >= 0.6 is 11.3 Å². The highest BCUT2D eigenvalue weighted by molar-refractivity contribution is 7.07. The van der Waals surface area contributed by atoms with Crippen LogP contribution in [0.3, 0.4) is 0 Å². The number of aryl methyl sites for hydroxylation is 1. The van der Waals surface area contributed by atoms with Gasteiger partial charge in [0.1, 0.15) is 11.5 Å². The number of benzene rings is 2. The molecule has 2 aliphatic heterocycles. The Morgan fingerprint density at radius 3 is 2.73 bits per heavy atom. The minimum Gasteiger partial charge on any atom is -0.463 e. The molecule has 208 valence electrons. The number of aromatic nitrogens is 1. The number of esters is 1. The zero-order valence-electron chi connectivity index (χ0n) is 22.2. The number of fused-ring (bicyclic) bond motifs is 2. The first-order valence-electron chi connectivity index (χ1n) is 12.7. The van der Waals surface area contributed by atoms with Crippen LogP contribution in [0.15, 0.2) is 74.0 Å². The quantitative estimate of drug-likeness (QED) is 0.192. The highest BCUT2D eigenvalue weighted by Gasteiger charge is 2.34. The fraction of sp³-hybridized carbons (Fsp3) is 0.207. The number of thiazole rings is 1. The molecule has 0 aliphatic carbocycles. The lowest BCUT2D eigenvalue weighted by molar-refractivity contribution is -0.384. The standard InChI is InChI=1S/C29H23N3O8S/c1-4-37-28(34)25-16(3)30-29-31(26(25)17-5-9-22-23(12-17)39-14-38-22)27(33)24(41-29)13-19-7-10-21(40-19)20-8-6-18(32(35)36)11-15(20)2/h5-13,26H,4,14H2,1-3H3/b24-13-/t26-/m0/s1. The van der Waals surface area contributed by atoms with Crippen LogP contribution < -0.4 is 24.4 Å². The number of hydrogen-bond donors (Lipinski definition) is 0. The summed E-state index contributed by atoms with van der Waals surface area (Å²) in [5, 5.41) is 11.1. The monoisotopic (exact) mass is 573 g/mol. The second-order valence-corrected chi connectivity index (χ2v) is 10.4. The Balaban J connectivity index is 1.45. The average Bonchev–Trinajstić information content (AvgIpc) is 3.67. The maximum Gasteiger partial charge on any atom is 0.338 e. The van der Waals surface area contributed by atoms with Gasteiger partial charge in [0.2, 0.25) is 6.79 Å². The van der Waals surface area contributed by atoms with Gasteiger partial charge >= 0.3 is 5.97 Å². The van der Waals surface area contributed by atoms with Crippen LogP contribution in [0.4, 0.5) is 5.69 Å². The fourth-order valence-electron chi connectivity index (χ4n) is 4.93. The Morgan fingerprint density at radius 2 is 1.98 bits per heavy atom. The van der Waals surface area contributed by atoms with Gasteiger partial charge < -0.3 is 18.6 Å². The normalized spacial score (nSPS) is 16.0. The summed E-state index contributed by atoms with van der Waals surface area (Å²) < 4.78 is 24.2. The van der Waals surface area contributed by atoms with Crippen molar-refractivity contribution in [3.05, 3.63) is 106 Å². The van der Waals surface area contributed by atoms with Crippen LogP contribution in [0.1, 0.15) is 36.8 Å². The zero-order chi connectivity index (χ0) is 28.8. The number of nitro groups is 1. The van der Waals surface area contributed by atoms with Crippen molar-refractivity contribution in [2.75, 3.05) is 13.4 Å². The summed E-state index contributed by atoms with van der Waals surface area (Å²) >= 11 is 1.18. The van der Waals surface area contributed by atoms with Gasteiger partial charge in [-0.2, -0.15) is 0 Å². The molecule has 11 nitrogen and oxygen atoms in total. The van der Waals surface area contributed by atoms with Crippen molar-refractivity contribution in [3.63, 3.8) is 0 Å². The van der Waals surface area contributed by atoms with Crippen molar-refractivity contribution in [1.82, 2.24) is 4.57 Å². The Hall–Kier alpha value is -4.97. The second-order valence-electron chi connectivity index (χ2n) is 9.37. The van der Waals surface area contributed by atoms with Gasteiger partial charge in [0.15, 0.2) is 16.3 Å². The summed E-state index contributed by atoms with van der Waals surface area (Å²) in [4.78, 5) is 42.6. The number of ether oxygens (including phenoxy) is 3. The molecule has 0 saturated carbocycles. The van der Waals surface area contributed by atoms with Crippen molar-refractivity contribution >= 4 is 29.1 Å². The third kappa shape index (κ3) is 4.61. The van der Waals surface area contributed by atoms with Crippen LogP contribution in [0.25, 0.3) is 17.4 Å². The van der Waals surface area contributed by atoms with Crippen LogP contribution in [0.5, 0.6) is 11.5 Å². The molecule has 0 saturated heterocycles. The Kier molecular flexibility index (Phi) is 6.54. The summed E-state index contributed by atoms with van der Waals surface area (Å²) in [5.41, 5.74) is 2.39. The maximum absolute atomic E-state index is 13.8. The van der Waals surface area contributed by atoms with Gasteiger partial charge in [0, 0.05) is 23.8 Å². The molecule has 0 fully saturated rings. The lowest BCUT2D eigenvalue weighted by Gasteiger charge is -2.24. The van der Waals surface area contributed by atoms with Gasteiger partial charge in [-0.05, 0) is 62.2 Å². The van der Waals surface area contributed by atoms with Crippen molar-refractivity contribution in [2.45, 2.75) is 26.8 Å². The zero-order valence-corrected chi connectivity index (χ0v) is 23.0. The number of carbonyl (C=O) groups is 1. The number of furan rings is 1. The largest absolute Gasteiger partial charge is 0.463 e. The molecule has 4 aromatic rings. The third-order valence-electron chi connectivity index (χ3n) is 6.82. The molecule has 0 radical (unpaired) electrons. The molecule has 1 atom stereocenters. The predicted molar refractivity (Wildman–Crippen MR) is 148 cm³/mol. The van der Waals surface area contributed by atoms with E-state index in [-0.39, 0.29) is 30.2 Å². The minimum absolute atomic E-state index is 0.00589. The Labute approximate surface area is 236 Å². The number of non-ortho nitro benzene ring substituents is 1. The molecule has 6 rings (SSSR count). The number of carbonyl (C=O) groups excluding carboxylic acids is 1. The molecule has 0 N–H and O–H groups in total. The number of allylic oxidation sites excluding steroid dienone is 1. The smallest absolute Gasteiger partial charge is 0.338 e. The lowest BCUT2D eigenvalue weighted by Crippen LogP contribution is -2.39. The highest BCUT2D eigenvalue weighted by Crippen LogP contribution is 2.38. The van der Waals surface area contributed by atoms with E-state index in [1.54, 1.807) is 63.2 Å². The highest BCUT2D eigenvalue weighted by atomic mass is 32.1. The molecule has 2 aliphatic rings. The van der Waals surface area contributed by atoms with Crippen molar-refractivity contribution in [3.8, 4) is 22.8 Å². The van der Waals surface area contributed by atoms with Gasteiger partial charge in [0.25, 0.3) is 11.2 Å². The molecular weight excluding hydrogens is 550 g/mol. The molecule has 41 heavy (non-hydrogen) atoms. The first kappa shape index (κ1) is 26.3. The van der Waals surface area contributed by atoms with Gasteiger partial charge in [-0.25, -0.2) is 9.79 Å². The van der Waals surface area contributed by atoms with E-state index in [4.69, 9.17) is 18.6 Å². The molecule has 12 heteroatoms. The minimum atomic E-state index is -0.795. The summed E-state index contributed by atoms with van der Waals surface area (Å²) in [6, 6.07) is 12.5. The molecule has 0 amide bonds. The maximum atomic E-state index is 13.8. The van der Waals surface area contributed by atoms with Crippen LogP contribution in [0.2, 0.25) is 0 Å². The first-order valence-corrected chi connectivity index (χ1v) is 13.5. The summed E-state index contributed by atoms with van der Waals surface area (Å²) in [6.45, 7) is 5.46. The van der Waals surface area contributed by atoms with E-state index in [9.17, 15) is 19.7 Å². The van der Waals surface area contributed by atoms with E-state index < -0.39 is 16.9 Å². The molecule has 2 aromatic carbocycles. The van der Waals surface area contributed by atoms with Gasteiger partial charge in [-0.15, -0.1) is 0 Å². The number of nitro benzene ring substituents is 1. The Morgan fingerprint density at radius 1 is 1.17 bits per heavy atom.